The van der Waals surface area contributed by atoms with Crippen molar-refractivity contribution < 1.29 is 14.6 Å². The second kappa shape index (κ2) is 3.73. The average molecular weight is 311 g/mol. The second-order valence-corrected chi connectivity index (χ2v) is 6.17. The van der Waals surface area contributed by atoms with E-state index in [2.05, 4.69) is 9.19 Å². The standard InChI is InChI=1S/C12H12N2O3Se/c1-12(2)11-10(13-14-18-11)6-4-9(16-3)7(15)5-8(6)17-12/h4-5,15H,1-3H3. The molecule has 1 aromatic heterocycles. The molecular formula is C12H12N2O3Se. The zero-order chi connectivity index (χ0) is 12.9. The van der Waals surface area contributed by atoms with E-state index < -0.39 is 5.60 Å². The summed E-state index contributed by atoms with van der Waals surface area (Å²) >= 11 is -0.0123. The Morgan fingerprint density at radius 1 is 1.39 bits per heavy atom. The monoisotopic (exact) mass is 312 g/mol. The predicted molar refractivity (Wildman–Crippen MR) is 66.3 cm³/mol. The number of nitrogens with zero attached hydrogens (tertiary/aromatic N) is 2. The Hall–Kier alpha value is -1.52. The first-order valence-corrected chi connectivity index (χ1v) is 7.08. The molecule has 6 heteroatoms. The van der Waals surface area contributed by atoms with Crippen molar-refractivity contribution in [3.8, 4) is 28.5 Å². The Bertz CT molecular complexity index is 622. The van der Waals surface area contributed by atoms with Crippen molar-refractivity contribution in [2.75, 3.05) is 7.11 Å². The summed E-state index contributed by atoms with van der Waals surface area (Å²) in [4.78, 5) is 0. The van der Waals surface area contributed by atoms with Gasteiger partial charge in [0.2, 0.25) is 0 Å². The second-order valence-electron chi connectivity index (χ2n) is 4.58. The van der Waals surface area contributed by atoms with Gasteiger partial charge in [0.25, 0.3) is 0 Å². The normalized spacial score (nSPS) is 15.5. The number of methoxy groups -OCH3 is 1. The van der Waals surface area contributed by atoms with Crippen molar-refractivity contribution in [3.63, 3.8) is 0 Å². The third-order valence-corrected chi connectivity index (χ3v) is 5.10. The van der Waals surface area contributed by atoms with Gasteiger partial charge in [-0.1, -0.05) is 0 Å². The molecule has 0 saturated carbocycles. The first kappa shape index (κ1) is 11.6. The number of rotatable bonds is 1. The van der Waals surface area contributed by atoms with E-state index in [9.17, 15) is 5.11 Å². The fourth-order valence-electron chi connectivity index (χ4n) is 2.07. The summed E-state index contributed by atoms with van der Waals surface area (Å²) in [5.74, 6) is 1.10. The molecule has 0 spiro atoms. The van der Waals surface area contributed by atoms with Gasteiger partial charge in [0, 0.05) is 0 Å². The SMILES string of the molecule is COc1cc2c(cc1O)OC(C)(C)c1[se]nnc1-2. The number of phenols is 1. The topological polar surface area (TPSA) is 64.5 Å². The molecule has 0 atom stereocenters. The number of aromatic nitrogens is 2. The molecular weight excluding hydrogens is 299 g/mol. The first-order chi connectivity index (χ1) is 8.53. The van der Waals surface area contributed by atoms with Crippen LogP contribution in [0.5, 0.6) is 17.2 Å². The molecule has 0 saturated heterocycles. The average Bonchev–Trinajstić information content (AvgIpc) is 2.78. The summed E-state index contributed by atoms with van der Waals surface area (Å²) in [6.07, 6.45) is 0. The fourth-order valence-corrected chi connectivity index (χ4v) is 3.54. The molecule has 0 fully saturated rings. The summed E-state index contributed by atoms with van der Waals surface area (Å²) in [7, 11) is 1.52. The number of fused-ring (bicyclic) bond motifs is 3. The van der Waals surface area contributed by atoms with Crippen LogP contribution in [0.4, 0.5) is 0 Å². The summed E-state index contributed by atoms with van der Waals surface area (Å²) in [5.41, 5.74) is 1.27. The maximum atomic E-state index is 9.81. The van der Waals surface area contributed by atoms with E-state index in [0.717, 1.165) is 15.7 Å². The summed E-state index contributed by atoms with van der Waals surface area (Å²) in [6, 6.07) is 3.32. The number of ether oxygens (including phenoxy) is 2. The van der Waals surface area contributed by atoms with Crippen molar-refractivity contribution in [2.24, 2.45) is 0 Å². The Balaban J connectivity index is 2.27. The molecule has 2 heterocycles. The molecule has 0 bridgehead atoms. The van der Waals surface area contributed by atoms with Crippen molar-refractivity contribution in [3.05, 3.63) is 16.6 Å². The number of phenolic OH excluding ortho intramolecular Hbond substituents is 1. The quantitative estimate of drug-likeness (QED) is 0.810. The van der Waals surface area contributed by atoms with Gasteiger partial charge in [-0.05, 0) is 0 Å². The molecule has 0 unspecified atom stereocenters. The molecule has 18 heavy (non-hydrogen) atoms. The van der Waals surface area contributed by atoms with Gasteiger partial charge in [-0.3, -0.25) is 0 Å². The molecule has 5 nitrogen and oxygen atoms in total. The van der Waals surface area contributed by atoms with E-state index in [0.29, 0.717) is 11.5 Å². The Labute approximate surface area is 110 Å². The van der Waals surface area contributed by atoms with Crippen LogP contribution in [0.25, 0.3) is 11.3 Å². The summed E-state index contributed by atoms with van der Waals surface area (Å²) in [6.45, 7) is 3.98. The molecule has 94 valence electrons. The number of hydrogen-bond acceptors (Lipinski definition) is 5. The van der Waals surface area contributed by atoms with Crippen LogP contribution in [0.1, 0.15) is 18.3 Å². The van der Waals surface area contributed by atoms with Gasteiger partial charge in [-0.2, -0.15) is 0 Å². The first-order valence-electron chi connectivity index (χ1n) is 5.46. The molecule has 0 radical (unpaired) electrons. The van der Waals surface area contributed by atoms with Crippen molar-refractivity contribution in [1.29, 1.82) is 0 Å². The van der Waals surface area contributed by atoms with E-state index in [4.69, 9.17) is 9.47 Å². The van der Waals surface area contributed by atoms with Crippen LogP contribution in [-0.4, -0.2) is 36.1 Å². The fraction of sp³-hybridized carbons (Fsp3) is 0.333. The van der Waals surface area contributed by atoms with Crippen molar-refractivity contribution in [1.82, 2.24) is 9.19 Å². The van der Waals surface area contributed by atoms with Crippen LogP contribution in [0.15, 0.2) is 12.1 Å². The van der Waals surface area contributed by atoms with Gasteiger partial charge < -0.3 is 0 Å². The van der Waals surface area contributed by atoms with Crippen LogP contribution in [-0.2, 0) is 5.60 Å². The zero-order valence-electron chi connectivity index (χ0n) is 10.2. The van der Waals surface area contributed by atoms with Gasteiger partial charge in [-0.25, -0.2) is 0 Å². The number of hydrogen-bond donors (Lipinski definition) is 1. The van der Waals surface area contributed by atoms with Crippen LogP contribution in [0, 0.1) is 0 Å². The molecule has 0 aliphatic carbocycles. The number of aromatic hydroxyl groups is 1. The maximum absolute atomic E-state index is 9.81. The van der Waals surface area contributed by atoms with Crippen LogP contribution >= 0.6 is 0 Å². The third-order valence-electron chi connectivity index (χ3n) is 2.94. The van der Waals surface area contributed by atoms with Crippen molar-refractivity contribution in [2.45, 2.75) is 19.4 Å². The summed E-state index contributed by atoms with van der Waals surface area (Å²) < 4.78 is 16.3. The van der Waals surface area contributed by atoms with Crippen LogP contribution < -0.4 is 9.47 Å². The van der Waals surface area contributed by atoms with E-state index in [1.54, 1.807) is 12.1 Å². The van der Waals surface area contributed by atoms with Gasteiger partial charge in [0.15, 0.2) is 0 Å². The molecule has 1 aliphatic heterocycles. The zero-order valence-corrected chi connectivity index (χ0v) is 11.9. The van der Waals surface area contributed by atoms with Gasteiger partial charge in [-0.15, -0.1) is 0 Å². The van der Waals surface area contributed by atoms with E-state index in [-0.39, 0.29) is 20.5 Å². The van der Waals surface area contributed by atoms with Gasteiger partial charge in [0.05, 0.1) is 0 Å². The molecule has 0 amide bonds. The third kappa shape index (κ3) is 1.53. The predicted octanol–water partition coefficient (Wildman–Crippen LogP) is 1.54. The van der Waals surface area contributed by atoms with Crippen LogP contribution in [0.3, 0.4) is 0 Å². The summed E-state index contributed by atoms with van der Waals surface area (Å²) in [5, 5.41) is 14.0. The molecule has 2 aromatic rings. The Morgan fingerprint density at radius 3 is 2.89 bits per heavy atom. The molecule has 1 aliphatic rings. The van der Waals surface area contributed by atoms with E-state index >= 15 is 0 Å². The minimum atomic E-state index is -0.424. The molecule has 3 rings (SSSR count). The molecule has 1 aromatic carbocycles. The van der Waals surface area contributed by atoms with Gasteiger partial charge >= 0.3 is 110 Å². The van der Waals surface area contributed by atoms with Crippen molar-refractivity contribution >= 4 is 14.7 Å². The Morgan fingerprint density at radius 2 is 2.17 bits per heavy atom. The minimum absolute atomic E-state index is 0.0123. The van der Waals surface area contributed by atoms with Gasteiger partial charge in [0.1, 0.15) is 0 Å². The molecule has 1 N–H and O–H groups in total. The number of benzene rings is 1. The Kier molecular flexibility index (Phi) is 2.40. The van der Waals surface area contributed by atoms with E-state index in [1.807, 2.05) is 13.8 Å². The van der Waals surface area contributed by atoms with Crippen LogP contribution in [0.2, 0.25) is 0 Å². The van der Waals surface area contributed by atoms with E-state index in [1.165, 1.54) is 7.11 Å².